The Labute approximate surface area is 151 Å². The number of nitro benzene ring substituents is 1. The SMILES string of the molecule is CCN(c1cccc(C(=O)OC)c1C)S(=O)(=O)c1cccc([N+](=O)[O-])c1. The van der Waals surface area contributed by atoms with Crippen LogP contribution in [0.25, 0.3) is 0 Å². The largest absolute Gasteiger partial charge is 0.465 e. The fraction of sp³-hybridized carbons (Fsp3) is 0.235. The van der Waals surface area contributed by atoms with Crippen molar-refractivity contribution in [2.24, 2.45) is 0 Å². The number of ether oxygens (including phenoxy) is 1. The molecule has 8 nitrogen and oxygen atoms in total. The van der Waals surface area contributed by atoms with Gasteiger partial charge in [-0.05, 0) is 37.6 Å². The number of nitrogens with zero attached hydrogens (tertiary/aromatic N) is 2. The van der Waals surface area contributed by atoms with Crippen LogP contribution < -0.4 is 4.31 Å². The van der Waals surface area contributed by atoms with E-state index in [9.17, 15) is 23.3 Å². The number of methoxy groups -OCH3 is 1. The van der Waals surface area contributed by atoms with E-state index in [1.807, 2.05) is 0 Å². The van der Waals surface area contributed by atoms with E-state index >= 15 is 0 Å². The molecule has 2 aromatic rings. The Morgan fingerprint density at radius 3 is 2.46 bits per heavy atom. The number of benzene rings is 2. The molecule has 0 amide bonds. The third-order valence-corrected chi connectivity index (χ3v) is 5.77. The molecule has 0 heterocycles. The lowest BCUT2D eigenvalue weighted by Gasteiger charge is -2.25. The van der Waals surface area contributed by atoms with Crippen molar-refractivity contribution in [1.29, 1.82) is 0 Å². The molecule has 0 spiro atoms. The molecule has 138 valence electrons. The summed E-state index contributed by atoms with van der Waals surface area (Å²) < 4.78 is 31.9. The number of carbonyl (C=O) groups excluding carboxylic acids is 1. The van der Waals surface area contributed by atoms with Gasteiger partial charge in [-0.25, -0.2) is 13.2 Å². The Kier molecular flexibility index (Phi) is 5.61. The summed E-state index contributed by atoms with van der Waals surface area (Å²) in [7, 11) is -2.81. The molecular weight excluding hydrogens is 360 g/mol. The zero-order valence-electron chi connectivity index (χ0n) is 14.5. The average Bonchev–Trinajstić information content (AvgIpc) is 2.63. The van der Waals surface area contributed by atoms with E-state index in [4.69, 9.17) is 4.74 Å². The van der Waals surface area contributed by atoms with Crippen molar-refractivity contribution < 1.29 is 22.9 Å². The summed E-state index contributed by atoms with van der Waals surface area (Å²) in [6.45, 7) is 3.34. The molecule has 0 atom stereocenters. The standard InChI is InChI=1S/C17H18N2O6S/c1-4-18(16-10-6-9-15(12(16)2)17(20)25-3)26(23,24)14-8-5-7-13(11-14)19(21)22/h5-11H,4H2,1-3H3. The number of nitro groups is 1. The van der Waals surface area contributed by atoms with Crippen LogP contribution in [0.1, 0.15) is 22.8 Å². The lowest BCUT2D eigenvalue weighted by Crippen LogP contribution is -2.31. The molecule has 0 aromatic heterocycles. The molecular formula is C17H18N2O6S. The highest BCUT2D eigenvalue weighted by Gasteiger charge is 2.27. The van der Waals surface area contributed by atoms with Gasteiger partial charge in [0.25, 0.3) is 15.7 Å². The van der Waals surface area contributed by atoms with Crippen molar-refractivity contribution in [3.63, 3.8) is 0 Å². The first-order valence-electron chi connectivity index (χ1n) is 7.69. The fourth-order valence-corrected chi connectivity index (χ4v) is 4.15. The molecule has 0 unspecified atom stereocenters. The lowest BCUT2D eigenvalue weighted by atomic mass is 10.1. The van der Waals surface area contributed by atoms with Crippen molar-refractivity contribution in [2.45, 2.75) is 18.7 Å². The molecule has 0 saturated heterocycles. The van der Waals surface area contributed by atoms with Crippen molar-refractivity contribution in [2.75, 3.05) is 18.0 Å². The van der Waals surface area contributed by atoms with Crippen LogP contribution in [0.5, 0.6) is 0 Å². The third kappa shape index (κ3) is 3.52. The van der Waals surface area contributed by atoms with Crippen LogP contribution in [-0.2, 0) is 14.8 Å². The van der Waals surface area contributed by atoms with Gasteiger partial charge in [0.1, 0.15) is 0 Å². The number of non-ortho nitro benzene ring substituents is 1. The second-order valence-corrected chi connectivity index (χ2v) is 7.23. The molecule has 0 aliphatic carbocycles. The fourth-order valence-electron chi connectivity index (χ4n) is 2.58. The summed E-state index contributed by atoms with van der Waals surface area (Å²) in [6, 6.07) is 9.51. The van der Waals surface area contributed by atoms with Gasteiger partial charge in [-0.15, -0.1) is 0 Å². The van der Waals surface area contributed by atoms with Gasteiger partial charge in [0.15, 0.2) is 0 Å². The normalized spacial score (nSPS) is 11.0. The molecule has 26 heavy (non-hydrogen) atoms. The zero-order valence-corrected chi connectivity index (χ0v) is 15.3. The number of carbonyl (C=O) groups is 1. The minimum absolute atomic E-state index is 0.0799. The molecule has 0 aliphatic rings. The molecule has 0 N–H and O–H groups in total. The zero-order chi connectivity index (χ0) is 19.5. The van der Waals surface area contributed by atoms with E-state index in [0.29, 0.717) is 11.3 Å². The van der Waals surface area contributed by atoms with E-state index in [-0.39, 0.29) is 22.7 Å². The Hall–Kier alpha value is -2.94. The average molecular weight is 378 g/mol. The van der Waals surface area contributed by atoms with Gasteiger partial charge < -0.3 is 4.74 Å². The molecule has 0 saturated carbocycles. The molecule has 0 radical (unpaired) electrons. The first-order chi connectivity index (χ1) is 12.2. The molecule has 2 aromatic carbocycles. The van der Waals surface area contributed by atoms with Crippen molar-refractivity contribution in [1.82, 2.24) is 0 Å². The summed E-state index contributed by atoms with van der Waals surface area (Å²) in [5.41, 5.74) is 0.678. The van der Waals surface area contributed by atoms with Gasteiger partial charge in [-0.1, -0.05) is 12.1 Å². The van der Waals surface area contributed by atoms with E-state index in [2.05, 4.69) is 0 Å². The van der Waals surface area contributed by atoms with Crippen molar-refractivity contribution in [3.8, 4) is 0 Å². The Morgan fingerprint density at radius 1 is 1.23 bits per heavy atom. The van der Waals surface area contributed by atoms with Gasteiger partial charge in [-0.2, -0.15) is 0 Å². The number of esters is 1. The first kappa shape index (κ1) is 19.4. The van der Waals surface area contributed by atoms with Gasteiger partial charge in [0.05, 0.1) is 28.2 Å². The molecule has 9 heteroatoms. The molecule has 2 rings (SSSR count). The quantitative estimate of drug-likeness (QED) is 0.435. The number of rotatable bonds is 6. The highest BCUT2D eigenvalue weighted by atomic mass is 32.2. The summed E-state index contributed by atoms with van der Waals surface area (Å²) in [5.74, 6) is -0.576. The van der Waals surface area contributed by atoms with Gasteiger partial charge in [-0.3, -0.25) is 14.4 Å². The van der Waals surface area contributed by atoms with Crippen LogP contribution in [-0.4, -0.2) is 33.0 Å². The molecule has 0 aliphatic heterocycles. The smallest absolute Gasteiger partial charge is 0.338 e. The van der Waals surface area contributed by atoms with E-state index in [1.54, 1.807) is 32.0 Å². The van der Waals surface area contributed by atoms with Gasteiger partial charge in [0.2, 0.25) is 0 Å². The Balaban J connectivity index is 2.60. The molecule has 0 fully saturated rings. The second-order valence-electron chi connectivity index (χ2n) is 5.37. The number of anilines is 1. The maximum atomic E-state index is 13.0. The number of hydrogen-bond acceptors (Lipinski definition) is 6. The predicted octanol–water partition coefficient (Wildman–Crippen LogP) is 2.91. The van der Waals surface area contributed by atoms with E-state index in [0.717, 1.165) is 10.4 Å². The highest BCUT2D eigenvalue weighted by Crippen LogP contribution is 2.30. The van der Waals surface area contributed by atoms with Crippen LogP contribution in [0.15, 0.2) is 47.4 Å². The first-order valence-corrected chi connectivity index (χ1v) is 9.13. The van der Waals surface area contributed by atoms with Gasteiger partial charge in [0, 0.05) is 18.7 Å². The minimum Gasteiger partial charge on any atom is -0.465 e. The van der Waals surface area contributed by atoms with Crippen LogP contribution in [0.4, 0.5) is 11.4 Å². The maximum absolute atomic E-state index is 13.0. The lowest BCUT2D eigenvalue weighted by molar-refractivity contribution is -0.385. The maximum Gasteiger partial charge on any atom is 0.338 e. The Bertz CT molecular complexity index is 955. The van der Waals surface area contributed by atoms with Gasteiger partial charge >= 0.3 is 5.97 Å². The second kappa shape index (κ2) is 7.52. The number of hydrogen-bond donors (Lipinski definition) is 0. The third-order valence-electron chi connectivity index (χ3n) is 3.88. The monoisotopic (exact) mass is 378 g/mol. The minimum atomic E-state index is -4.06. The summed E-state index contributed by atoms with van der Waals surface area (Å²) in [4.78, 5) is 22.0. The van der Waals surface area contributed by atoms with Crippen LogP contribution in [0.3, 0.4) is 0 Å². The van der Waals surface area contributed by atoms with Crippen LogP contribution in [0.2, 0.25) is 0 Å². The van der Waals surface area contributed by atoms with Crippen LogP contribution >= 0.6 is 0 Å². The summed E-state index contributed by atoms with van der Waals surface area (Å²) >= 11 is 0. The number of sulfonamides is 1. The predicted molar refractivity (Wildman–Crippen MR) is 95.8 cm³/mol. The highest BCUT2D eigenvalue weighted by molar-refractivity contribution is 7.92. The van der Waals surface area contributed by atoms with E-state index < -0.39 is 20.9 Å². The summed E-state index contributed by atoms with van der Waals surface area (Å²) in [6.07, 6.45) is 0. The van der Waals surface area contributed by atoms with E-state index in [1.165, 1.54) is 25.3 Å². The van der Waals surface area contributed by atoms with Crippen LogP contribution in [0, 0.1) is 17.0 Å². The topological polar surface area (TPSA) is 107 Å². The Morgan fingerprint density at radius 2 is 1.88 bits per heavy atom. The van der Waals surface area contributed by atoms with Crippen molar-refractivity contribution in [3.05, 3.63) is 63.7 Å². The summed E-state index contributed by atoms with van der Waals surface area (Å²) in [5, 5.41) is 10.9. The molecule has 0 bridgehead atoms. The van der Waals surface area contributed by atoms with Crippen molar-refractivity contribution >= 4 is 27.4 Å².